The maximum absolute atomic E-state index is 6.26. The minimum Gasteiger partial charge on any atom is -0.497 e. The highest BCUT2D eigenvalue weighted by molar-refractivity contribution is 6.28. The van der Waals surface area contributed by atoms with Crippen LogP contribution in [0.15, 0.2) is 67.1 Å². The molecule has 3 heterocycles. The topological polar surface area (TPSA) is 70.7 Å². The number of hydrogen-bond acceptors (Lipinski definition) is 5. The van der Waals surface area contributed by atoms with Gasteiger partial charge in [-0.3, -0.25) is 4.57 Å². The van der Waals surface area contributed by atoms with E-state index >= 15 is 0 Å². The Morgan fingerprint density at radius 2 is 1.87 bits per heavy atom. The van der Waals surface area contributed by atoms with Crippen molar-refractivity contribution in [2.75, 3.05) is 7.11 Å². The smallest absolute Gasteiger partial charge is 0.226 e. The summed E-state index contributed by atoms with van der Waals surface area (Å²) in [6, 6.07) is 17.8. The summed E-state index contributed by atoms with van der Waals surface area (Å²) in [5, 5.41) is 4.81. The van der Waals surface area contributed by atoms with Crippen LogP contribution in [0.5, 0.6) is 5.75 Å². The summed E-state index contributed by atoms with van der Waals surface area (Å²) in [6.07, 6.45) is 3.54. The average Bonchev–Trinajstić information content (AvgIpc) is 3.41. The fourth-order valence-corrected chi connectivity index (χ4v) is 3.53. The molecule has 0 N–H and O–H groups in total. The van der Waals surface area contributed by atoms with Gasteiger partial charge in [0, 0.05) is 17.8 Å². The van der Waals surface area contributed by atoms with Crippen LogP contribution in [0.1, 0.15) is 5.56 Å². The molecule has 0 aliphatic heterocycles. The lowest BCUT2D eigenvalue weighted by Crippen LogP contribution is -2.03. The lowest BCUT2D eigenvalue weighted by atomic mass is 10.1. The van der Waals surface area contributed by atoms with E-state index in [-0.39, 0.29) is 5.28 Å². The van der Waals surface area contributed by atoms with Crippen molar-refractivity contribution in [2.45, 2.75) is 6.92 Å². The Labute approximate surface area is 177 Å². The van der Waals surface area contributed by atoms with Crippen LogP contribution in [-0.2, 0) is 0 Å². The van der Waals surface area contributed by atoms with E-state index < -0.39 is 0 Å². The SMILES string of the molecule is COc1cccc(-n2cnc3c(-n4ccc(-c5cccc(C)c5)n4)nc(Cl)nc32)c1. The van der Waals surface area contributed by atoms with Crippen LogP contribution < -0.4 is 4.74 Å². The van der Waals surface area contributed by atoms with Crippen molar-refractivity contribution >= 4 is 22.8 Å². The zero-order valence-electron chi connectivity index (χ0n) is 16.3. The quantitative estimate of drug-likeness (QED) is 0.399. The van der Waals surface area contributed by atoms with Gasteiger partial charge in [0.05, 0.1) is 18.5 Å². The number of aromatic nitrogens is 6. The first-order valence-electron chi connectivity index (χ1n) is 9.30. The van der Waals surface area contributed by atoms with Gasteiger partial charge in [0.15, 0.2) is 17.0 Å². The average molecular weight is 417 g/mol. The van der Waals surface area contributed by atoms with Gasteiger partial charge in [0.2, 0.25) is 5.28 Å². The highest BCUT2D eigenvalue weighted by Crippen LogP contribution is 2.26. The molecular weight excluding hydrogens is 400 g/mol. The summed E-state index contributed by atoms with van der Waals surface area (Å²) in [6.45, 7) is 2.06. The number of nitrogens with zero attached hydrogens (tertiary/aromatic N) is 6. The van der Waals surface area contributed by atoms with Crippen LogP contribution >= 0.6 is 11.6 Å². The predicted molar refractivity (Wildman–Crippen MR) is 116 cm³/mol. The number of aryl methyl sites for hydroxylation is 1. The third-order valence-corrected chi connectivity index (χ3v) is 4.97. The number of hydrogen-bond donors (Lipinski definition) is 0. The van der Waals surface area contributed by atoms with Crippen molar-refractivity contribution in [1.29, 1.82) is 0 Å². The summed E-state index contributed by atoms with van der Waals surface area (Å²) in [5.74, 6) is 1.26. The van der Waals surface area contributed by atoms with E-state index in [2.05, 4.69) is 34.0 Å². The van der Waals surface area contributed by atoms with E-state index in [0.29, 0.717) is 17.0 Å². The number of rotatable bonds is 4. The Hall–Kier alpha value is -3.71. The first-order valence-corrected chi connectivity index (χ1v) is 9.68. The summed E-state index contributed by atoms with van der Waals surface area (Å²) in [4.78, 5) is 13.3. The number of halogens is 1. The molecule has 2 aromatic carbocycles. The van der Waals surface area contributed by atoms with Gasteiger partial charge in [-0.1, -0.05) is 29.8 Å². The Balaban J connectivity index is 1.63. The molecule has 0 saturated carbocycles. The highest BCUT2D eigenvalue weighted by Gasteiger charge is 2.16. The molecule has 0 bridgehead atoms. The fraction of sp³-hybridized carbons (Fsp3) is 0.0909. The van der Waals surface area contributed by atoms with Gasteiger partial charge in [-0.2, -0.15) is 15.1 Å². The lowest BCUT2D eigenvalue weighted by molar-refractivity contribution is 0.414. The molecule has 0 radical (unpaired) electrons. The lowest BCUT2D eigenvalue weighted by Gasteiger charge is -2.07. The zero-order valence-corrected chi connectivity index (χ0v) is 17.1. The maximum atomic E-state index is 6.26. The van der Waals surface area contributed by atoms with Crippen molar-refractivity contribution < 1.29 is 4.74 Å². The van der Waals surface area contributed by atoms with E-state index in [1.165, 1.54) is 5.56 Å². The molecule has 5 rings (SSSR count). The summed E-state index contributed by atoms with van der Waals surface area (Å²) >= 11 is 6.26. The van der Waals surface area contributed by atoms with Crippen LogP contribution in [-0.4, -0.2) is 36.4 Å². The minimum atomic E-state index is 0.120. The molecule has 0 unspecified atom stereocenters. The van der Waals surface area contributed by atoms with Gasteiger partial charge < -0.3 is 4.74 Å². The summed E-state index contributed by atoms with van der Waals surface area (Å²) < 4.78 is 8.85. The van der Waals surface area contributed by atoms with Crippen LogP contribution in [0.4, 0.5) is 0 Å². The van der Waals surface area contributed by atoms with E-state index in [1.54, 1.807) is 18.1 Å². The van der Waals surface area contributed by atoms with Crippen LogP contribution in [0.3, 0.4) is 0 Å². The fourth-order valence-electron chi connectivity index (χ4n) is 3.37. The molecule has 0 amide bonds. The van der Waals surface area contributed by atoms with E-state index in [1.807, 2.05) is 53.2 Å². The van der Waals surface area contributed by atoms with Crippen LogP contribution in [0, 0.1) is 6.92 Å². The Morgan fingerprint density at radius 1 is 1.00 bits per heavy atom. The molecule has 8 heteroatoms. The first-order chi connectivity index (χ1) is 14.6. The minimum absolute atomic E-state index is 0.120. The second-order valence-corrected chi connectivity index (χ2v) is 7.16. The predicted octanol–water partition coefficient (Wildman–Crippen LogP) is 4.64. The van der Waals surface area contributed by atoms with Gasteiger partial charge in [-0.25, -0.2) is 9.67 Å². The highest BCUT2D eigenvalue weighted by atomic mass is 35.5. The molecule has 0 aliphatic rings. The number of imidazole rings is 1. The van der Waals surface area contributed by atoms with E-state index in [9.17, 15) is 0 Å². The van der Waals surface area contributed by atoms with Gasteiger partial charge in [-0.05, 0) is 42.8 Å². The van der Waals surface area contributed by atoms with Gasteiger partial charge in [-0.15, -0.1) is 0 Å². The third kappa shape index (κ3) is 3.19. The molecule has 5 aromatic rings. The van der Waals surface area contributed by atoms with Gasteiger partial charge in [0.1, 0.15) is 12.1 Å². The largest absolute Gasteiger partial charge is 0.497 e. The van der Waals surface area contributed by atoms with Crippen LogP contribution in [0.25, 0.3) is 33.9 Å². The van der Waals surface area contributed by atoms with Crippen molar-refractivity contribution in [3.63, 3.8) is 0 Å². The molecule has 0 saturated heterocycles. The molecule has 0 spiro atoms. The van der Waals surface area contributed by atoms with Gasteiger partial charge in [0.25, 0.3) is 0 Å². The Morgan fingerprint density at radius 3 is 2.70 bits per heavy atom. The monoisotopic (exact) mass is 416 g/mol. The molecule has 148 valence electrons. The second-order valence-electron chi connectivity index (χ2n) is 6.82. The van der Waals surface area contributed by atoms with Crippen molar-refractivity contribution in [3.8, 4) is 28.5 Å². The molecule has 0 aliphatic carbocycles. The summed E-state index contributed by atoms with van der Waals surface area (Å²) in [5.41, 5.74) is 5.10. The number of methoxy groups -OCH3 is 1. The number of benzene rings is 2. The van der Waals surface area contributed by atoms with E-state index in [4.69, 9.17) is 21.4 Å². The first kappa shape index (κ1) is 18.3. The molecule has 0 fully saturated rings. The molecular formula is C22H17ClN6O. The zero-order chi connectivity index (χ0) is 20.7. The Bertz CT molecular complexity index is 1370. The van der Waals surface area contributed by atoms with Crippen molar-refractivity contribution in [1.82, 2.24) is 29.3 Å². The second kappa shape index (κ2) is 7.27. The van der Waals surface area contributed by atoms with E-state index in [0.717, 1.165) is 22.7 Å². The molecule has 3 aromatic heterocycles. The third-order valence-electron chi connectivity index (χ3n) is 4.80. The summed E-state index contributed by atoms with van der Waals surface area (Å²) in [7, 11) is 1.63. The Kier molecular flexibility index (Phi) is 4.44. The van der Waals surface area contributed by atoms with Crippen molar-refractivity contribution in [3.05, 3.63) is 78.0 Å². The molecule has 7 nitrogen and oxygen atoms in total. The number of fused-ring (bicyclic) bond motifs is 1. The standard InChI is InChI=1S/C22H17ClN6O/c1-14-5-3-6-15(11-14)18-9-10-29(27-18)21-19-20(25-22(23)26-21)28(13-24-19)16-7-4-8-17(12-16)30-2/h3-13H,1-2H3. The maximum Gasteiger partial charge on any atom is 0.226 e. The molecule has 0 atom stereocenters. The van der Waals surface area contributed by atoms with Crippen LogP contribution in [0.2, 0.25) is 5.28 Å². The van der Waals surface area contributed by atoms with Crippen molar-refractivity contribution in [2.24, 2.45) is 0 Å². The molecule has 30 heavy (non-hydrogen) atoms. The van der Waals surface area contributed by atoms with Gasteiger partial charge >= 0.3 is 0 Å². The number of ether oxygens (including phenoxy) is 1. The normalized spacial score (nSPS) is 11.2.